The highest BCUT2D eigenvalue weighted by molar-refractivity contribution is 4.81. The van der Waals surface area contributed by atoms with Crippen LogP contribution in [0.4, 0.5) is 0 Å². The average Bonchev–Trinajstić information content (AvgIpc) is 2.27. The number of nitrogens with one attached hydrogen (secondary N) is 1. The van der Waals surface area contributed by atoms with Crippen LogP contribution in [-0.4, -0.2) is 50.7 Å². The maximum absolute atomic E-state index is 5.95. The fourth-order valence-corrected chi connectivity index (χ4v) is 2.25. The molecule has 94 valence electrons. The Morgan fingerprint density at radius 3 is 2.75 bits per heavy atom. The molecule has 2 aliphatic heterocycles. The Morgan fingerprint density at radius 2 is 2.06 bits per heavy atom. The van der Waals surface area contributed by atoms with Crippen molar-refractivity contribution in [1.29, 1.82) is 0 Å². The van der Waals surface area contributed by atoms with Gasteiger partial charge in [0.25, 0.3) is 0 Å². The Hall–Kier alpha value is -0.160. The first-order valence-electron chi connectivity index (χ1n) is 6.24. The third kappa shape index (κ3) is 3.70. The van der Waals surface area contributed by atoms with E-state index in [1.165, 1.54) is 0 Å². The monoisotopic (exact) mass is 229 g/mol. The Balaban J connectivity index is 1.68. The van der Waals surface area contributed by atoms with Gasteiger partial charge in [0.1, 0.15) is 0 Å². The van der Waals surface area contributed by atoms with Crippen LogP contribution in [0.15, 0.2) is 0 Å². The van der Waals surface area contributed by atoms with Gasteiger partial charge in [0.15, 0.2) is 0 Å². The molecular formula is C12H23NO3. The molecule has 1 N–H and O–H groups in total. The predicted molar refractivity (Wildman–Crippen MR) is 61.6 cm³/mol. The highest BCUT2D eigenvalue weighted by Gasteiger charge is 2.29. The van der Waals surface area contributed by atoms with Crippen molar-refractivity contribution in [3.05, 3.63) is 0 Å². The van der Waals surface area contributed by atoms with Gasteiger partial charge in [-0.25, -0.2) is 0 Å². The fraction of sp³-hybridized carbons (Fsp3) is 1.00. The Bertz CT molecular complexity index is 214. The number of morpholine rings is 1. The zero-order valence-corrected chi connectivity index (χ0v) is 10.3. The smallest absolute Gasteiger partial charge is 0.0940 e. The zero-order chi connectivity index (χ0) is 11.4. The lowest BCUT2D eigenvalue weighted by molar-refractivity contribution is -0.137. The van der Waals surface area contributed by atoms with Crippen molar-refractivity contribution in [2.45, 2.75) is 44.5 Å². The molecule has 0 radical (unpaired) electrons. The molecule has 0 saturated carbocycles. The van der Waals surface area contributed by atoms with E-state index in [9.17, 15) is 0 Å². The minimum Gasteiger partial charge on any atom is -0.381 e. The van der Waals surface area contributed by atoms with E-state index in [1.807, 2.05) is 0 Å². The standard InChI is InChI=1S/C12H23NO3/c1-12(2)9-13-7-11(16-12)8-15-10-3-5-14-6-4-10/h10-11,13H,3-9H2,1-2H3. The summed E-state index contributed by atoms with van der Waals surface area (Å²) in [4.78, 5) is 0. The maximum atomic E-state index is 5.95. The van der Waals surface area contributed by atoms with Gasteiger partial charge in [-0.2, -0.15) is 0 Å². The molecule has 0 amide bonds. The largest absolute Gasteiger partial charge is 0.381 e. The highest BCUT2D eigenvalue weighted by Crippen LogP contribution is 2.17. The van der Waals surface area contributed by atoms with Gasteiger partial charge in [0, 0.05) is 26.3 Å². The highest BCUT2D eigenvalue weighted by atomic mass is 16.6. The second-order valence-electron chi connectivity index (χ2n) is 5.28. The van der Waals surface area contributed by atoms with Crippen molar-refractivity contribution in [3.63, 3.8) is 0 Å². The van der Waals surface area contributed by atoms with Crippen LogP contribution < -0.4 is 5.32 Å². The maximum Gasteiger partial charge on any atom is 0.0940 e. The molecule has 0 spiro atoms. The lowest BCUT2D eigenvalue weighted by Crippen LogP contribution is -2.52. The third-order valence-corrected chi connectivity index (χ3v) is 3.09. The van der Waals surface area contributed by atoms with Crippen molar-refractivity contribution >= 4 is 0 Å². The van der Waals surface area contributed by atoms with Crippen molar-refractivity contribution < 1.29 is 14.2 Å². The normalized spacial score (nSPS) is 31.5. The summed E-state index contributed by atoms with van der Waals surface area (Å²) in [5.41, 5.74) is -0.0675. The van der Waals surface area contributed by atoms with Crippen LogP contribution >= 0.6 is 0 Å². The van der Waals surface area contributed by atoms with E-state index >= 15 is 0 Å². The van der Waals surface area contributed by atoms with Gasteiger partial charge >= 0.3 is 0 Å². The first-order valence-corrected chi connectivity index (χ1v) is 6.24. The molecular weight excluding hydrogens is 206 g/mol. The summed E-state index contributed by atoms with van der Waals surface area (Å²) >= 11 is 0. The van der Waals surface area contributed by atoms with E-state index in [4.69, 9.17) is 14.2 Å². The Labute approximate surface area is 97.6 Å². The molecule has 0 aromatic rings. The molecule has 2 rings (SSSR count). The summed E-state index contributed by atoms with van der Waals surface area (Å²) in [5.74, 6) is 0. The van der Waals surface area contributed by atoms with E-state index in [0.717, 1.165) is 39.1 Å². The van der Waals surface area contributed by atoms with Crippen LogP contribution in [0, 0.1) is 0 Å². The Morgan fingerprint density at radius 1 is 1.31 bits per heavy atom. The van der Waals surface area contributed by atoms with Crippen LogP contribution in [0.5, 0.6) is 0 Å². The summed E-state index contributed by atoms with van der Waals surface area (Å²) in [6.45, 7) is 8.40. The number of rotatable bonds is 3. The molecule has 2 heterocycles. The summed E-state index contributed by atoms with van der Waals surface area (Å²) < 4.78 is 17.1. The van der Waals surface area contributed by atoms with Crippen molar-refractivity contribution in [1.82, 2.24) is 5.32 Å². The number of ether oxygens (including phenoxy) is 3. The third-order valence-electron chi connectivity index (χ3n) is 3.09. The Kier molecular flexibility index (Phi) is 4.19. The zero-order valence-electron chi connectivity index (χ0n) is 10.3. The van der Waals surface area contributed by atoms with Crippen LogP contribution in [-0.2, 0) is 14.2 Å². The van der Waals surface area contributed by atoms with Gasteiger partial charge < -0.3 is 19.5 Å². The molecule has 4 nitrogen and oxygen atoms in total. The van der Waals surface area contributed by atoms with E-state index < -0.39 is 0 Å². The van der Waals surface area contributed by atoms with Crippen molar-refractivity contribution in [2.24, 2.45) is 0 Å². The lowest BCUT2D eigenvalue weighted by atomic mass is 10.1. The molecule has 16 heavy (non-hydrogen) atoms. The minimum absolute atomic E-state index is 0.0675. The fourth-order valence-electron chi connectivity index (χ4n) is 2.25. The average molecular weight is 229 g/mol. The van der Waals surface area contributed by atoms with E-state index in [0.29, 0.717) is 12.7 Å². The minimum atomic E-state index is -0.0675. The van der Waals surface area contributed by atoms with Gasteiger partial charge in [-0.1, -0.05) is 0 Å². The molecule has 0 aromatic carbocycles. The summed E-state index contributed by atoms with van der Waals surface area (Å²) in [7, 11) is 0. The first kappa shape index (κ1) is 12.3. The van der Waals surface area contributed by atoms with Crippen LogP contribution in [0.2, 0.25) is 0 Å². The lowest BCUT2D eigenvalue weighted by Gasteiger charge is -2.37. The van der Waals surface area contributed by atoms with Crippen LogP contribution in [0.3, 0.4) is 0 Å². The second-order valence-corrected chi connectivity index (χ2v) is 5.28. The molecule has 1 atom stereocenters. The predicted octanol–water partition coefficient (Wildman–Crippen LogP) is 0.949. The van der Waals surface area contributed by atoms with E-state index in [2.05, 4.69) is 19.2 Å². The van der Waals surface area contributed by atoms with Crippen LogP contribution in [0.1, 0.15) is 26.7 Å². The van der Waals surface area contributed by atoms with Gasteiger partial charge in [-0.3, -0.25) is 0 Å². The van der Waals surface area contributed by atoms with Gasteiger partial charge in [-0.15, -0.1) is 0 Å². The molecule has 4 heteroatoms. The number of hydrogen-bond donors (Lipinski definition) is 1. The topological polar surface area (TPSA) is 39.7 Å². The van der Waals surface area contributed by atoms with Gasteiger partial charge in [0.2, 0.25) is 0 Å². The molecule has 2 saturated heterocycles. The van der Waals surface area contributed by atoms with Crippen molar-refractivity contribution in [2.75, 3.05) is 32.9 Å². The van der Waals surface area contributed by atoms with Gasteiger partial charge in [0.05, 0.1) is 24.4 Å². The van der Waals surface area contributed by atoms with Crippen LogP contribution in [0.25, 0.3) is 0 Å². The van der Waals surface area contributed by atoms with E-state index in [1.54, 1.807) is 0 Å². The van der Waals surface area contributed by atoms with Gasteiger partial charge in [-0.05, 0) is 26.7 Å². The van der Waals surface area contributed by atoms with E-state index in [-0.39, 0.29) is 11.7 Å². The summed E-state index contributed by atoms with van der Waals surface area (Å²) in [6, 6.07) is 0. The second kappa shape index (κ2) is 5.45. The molecule has 1 unspecified atom stereocenters. The molecule has 0 aromatic heterocycles. The summed E-state index contributed by atoms with van der Waals surface area (Å²) in [5, 5.41) is 3.38. The number of hydrogen-bond acceptors (Lipinski definition) is 4. The first-order chi connectivity index (χ1) is 7.66. The van der Waals surface area contributed by atoms with Crippen molar-refractivity contribution in [3.8, 4) is 0 Å². The molecule has 2 aliphatic rings. The molecule has 0 bridgehead atoms. The molecule has 0 aliphatic carbocycles. The quantitative estimate of drug-likeness (QED) is 0.782. The SMILES string of the molecule is CC1(C)CNCC(COC2CCOCC2)O1. The summed E-state index contributed by atoms with van der Waals surface area (Å²) in [6.07, 6.45) is 2.58. The molecule has 2 fully saturated rings.